The van der Waals surface area contributed by atoms with Crippen molar-refractivity contribution in [2.75, 3.05) is 0 Å². The highest BCUT2D eigenvalue weighted by molar-refractivity contribution is 7.97. The van der Waals surface area contributed by atoms with Crippen molar-refractivity contribution in [3.8, 4) is 11.8 Å². The molecule has 4 rings (SSSR count). The number of nitrogens with zero attached hydrogens (tertiary/aromatic N) is 1. The summed E-state index contributed by atoms with van der Waals surface area (Å²) in [5.41, 5.74) is -1.62. The molecule has 0 aliphatic rings. The van der Waals surface area contributed by atoms with Crippen LogP contribution in [0.2, 0.25) is 0 Å². The van der Waals surface area contributed by atoms with Crippen molar-refractivity contribution < 1.29 is 18.3 Å². The lowest BCUT2D eigenvalue weighted by Gasteiger charge is -2.33. The van der Waals surface area contributed by atoms with E-state index in [2.05, 4.69) is 6.07 Å². The topological polar surface area (TPSA) is 50.1 Å². The number of nitriles is 1. The molecule has 6 heteroatoms. The molecule has 0 atom stereocenters. The van der Waals surface area contributed by atoms with Crippen molar-refractivity contribution in [1.82, 2.24) is 0 Å². The number of benzene rings is 4. The summed E-state index contributed by atoms with van der Waals surface area (Å²) in [6.45, 7) is 0.0142. The van der Waals surface area contributed by atoms with Crippen LogP contribution in [0.3, 0.4) is 0 Å². The van der Waals surface area contributed by atoms with E-state index in [1.807, 2.05) is 91.0 Å². The predicted octanol–water partition coefficient (Wildman–Crippen LogP) is 5.38. The van der Waals surface area contributed by atoms with Crippen LogP contribution in [-0.4, -0.2) is 16.7 Å². The average molecular weight is 499 g/mol. The number of ether oxygens (including phenoxy) is 1. The zero-order valence-corrected chi connectivity index (χ0v) is 20.8. The highest BCUT2D eigenvalue weighted by Crippen LogP contribution is 2.47. The normalized spacial score (nSPS) is 11.4. The van der Waals surface area contributed by atoms with E-state index in [-0.39, 0.29) is 11.0 Å². The van der Waals surface area contributed by atoms with Gasteiger partial charge in [0.05, 0.1) is 0 Å². The van der Waals surface area contributed by atoms with E-state index in [0.29, 0.717) is 6.07 Å². The van der Waals surface area contributed by atoms with Crippen molar-refractivity contribution in [3.63, 3.8) is 0 Å². The Morgan fingerprint density at radius 2 is 1.22 bits per heavy atom. The van der Waals surface area contributed by atoms with Gasteiger partial charge in [-0.15, -0.1) is 0 Å². The third-order valence-corrected chi connectivity index (χ3v) is 10.1. The maximum Gasteiger partial charge on any atom is 0.217 e. The second-order valence-electron chi connectivity index (χ2n) is 8.65. The number of hydrogen-bond acceptors (Lipinski definition) is 3. The fraction of sp³-hybridized carbons (Fsp3) is 0.100. The number of ketones is 1. The molecule has 0 saturated carbocycles. The van der Waals surface area contributed by atoms with Gasteiger partial charge in [0.25, 0.3) is 0 Å². The smallest absolute Gasteiger partial charge is 0.217 e. The van der Waals surface area contributed by atoms with Gasteiger partial charge >= 0.3 is 0 Å². The van der Waals surface area contributed by atoms with Crippen LogP contribution in [0, 0.1) is 23.0 Å². The molecule has 0 amide bonds. The van der Waals surface area contributed by atoms with E-state index >= 15 is 0 Å². The molecule has 0 heterocycles. The Morgan fingerprint density at radius 3 is 1.61 bits per heavy atom. The van der Waals surface area contributed by atoms with E-state index in [0.717, 1.165) is 28.0 Å². The molecule has 36 heavy (non-hydrogen) atoms. The van der Waals surface area contributed by atoms with Crippen LogP contribution < -0.4 is 20.7 Å². The second kappa shape index (κ2) is 10.3. The highest BCUT2D eigenvalue weighted by Gasteiger charge is 2.40. The molecule has 0 fully saturated rings. The summed E-state index contributed by atoms with van der Waals surface area (Å²) in [5.74, 6) is -2.52. The van der Waals surface area contributed by atoms with E-state index < -0.39 is 29.9 Å². The lowest BCUT2D eigenvalue weighted by atomic mass is 10.0. The summed E-state index contributed by atoms with van der Waals surface area (Å²) in [4.78, 5) is 14.2. The second-order valence-corrected chi connectivity index (χ2v) is 12.0. The van der Waals surface area contributed by atoms with Gasteiger partial charge in [-0.2, -0.15) is 5.26 Å². The minimum atomic E-state index is -2.97. The SMILES string of the molecule is CC(C)(Oc1ccc(F)cc1F)C(=O)C(C#N)=P(c1ccccc1)(c1ccccc1)c1ccccc1. The van der Waals surface area contributed by atoms with Gasteiger partial charge in [0.1, 0.15) is 17.2 Å². The van der Waals surface area contributed by atoms with Gasteiger partial charge in [-0.1, -0.05) is 91.0 Å². The average Bonchev–Trinajstić information content (AvgIpc) is 2.90. The highest BCUT2D eigenvalue weighted by atomic mass is 31.2. The Kier molecular flexibility index (Phi) is 7.20. The third-order valence-electron chi connectivity index (χ3n) is 5.89. The number of rotatable bonds is 7. The Bertz CT molecular complexity index is 1370. The van der Waals surface area contributed by atoms with E-state index in [1.165, 1.54) is 13.8 Å². The van der Waals surface area contributed by atoms with Gasteiger partial charge in [-0.05, 0) is 48.8 Å². The number of Topliss-reactive ketones (excluding diaryl/α,β-unsaturated/α-hetero) is 1. The minimum absolute atomic E-state index is 0.0265. The van der Waals surface area contributed by atoms with E-state index in [9.17, 15) is 18.8 Å². The van der Waals surface area contributed by atoms with Crippen LogP contribution in [-0.2, 0) is 4.79 Å². The van der Waals surface area contributed by atoms with Crippen LogP contribution >= 0.6 is 6.89 Å². The maximum absolute atomic E-state index is 14.4. The molecule has 0 aliphatic heterocycles. The van der Waals surface area contributed by atoms with Crippen molar-refractivity contribution in [1.29, 1.82) is 5.26 Å². The fourth-order valence-electron chi connectivity index (χ4n) is 4.23. The molecule has 4 aromatic rings. The predicted molar refractivity (Wildman–Crippen MR) is 142 cm³/mol. The summed E-state index contributed by atoms with van der Waals surface area (Å²) >= 11 is 0. The first-order valence-electron chi connectivity index (χ1n) is 11.3. The first kappa shape index (κ1) is 25.1. The zero-order chi connectivity index (χ0) is 25.8. The van der Waals surface area contributed by atoms with Crippen molar-refractivity contribution in [2.45, 2.75) is 19.4 Å². The maximum atomic E-state index is 14.4. The monoisotopic (exact) mass is 499 g/mol. The summed E-state index contributed by atoms with van der Waals surface area (Å²) < 4.78 is 33.6. The standard InChI is InChI=1S/C30H24F2NO2P/c1-30(2,35-27-19-18-22(31)20-26(27)32)29(34)28(21-33)36(23-12-6-3-7-13-23,24-14-8-4-9-15-24)25-16-10-5-11-17-25/h3-20H,1-2H3. The van der Waals surface area contributed by atoms with Crippen LogP contribution in [0.5, 0.6) is 5.75 Å². The summed E-state index contributed by atoms with van der Waals surface area (Å²) in [6, 6.07) is 33.6. The molecule has 0 saturated heterocycles. The van der Waals surface area contributed by atoms with Gasteiger partial charge in [0.2, 0.25) is 5.78 Å². The zero-order valence-electron chi connectivity index (χ0n) is 19.9. The van der Waals surface area contributed by atoms with Crippen LogP contribution in [0.25, 0.3) is 0 Å². The third kappa shape index (κ3) is 4.61. The van der Waals surface area contributed by atoms with E-state index in [1.54, 1.807) is 0 Å². The summed E-state index contributed by atoms with van der Waals surface area (Å²) in [5, 5.41) is 13.1. The lowest BCUT2D eigenvalue weighted by Crippen LogP contribution is -2.45. The molecular weight excluding hydrogens is 475 g/mol. The Hall–Kier alpha value is -4.00. The van der Waals surface area contributed by atoms with Gasteiger partial charge in [0.15, 0.2) is 17.2 Å². The van der Waals surface area contributed by atoms with E-state index in [4.69, 9.17) is 4.74 Å². The number of carbonyl (C=O) groups excluding carboxylic acids is 1. The molecule has 0 radical (unpaired) electrons. The molecule has 180 valence electrons. The van der Waals surface area contributed by atoms with Crippen LogP contribution in [0.1, 0.15) is 13.8 Å². The molecule has 0 unspecified atom stereocenters. The van der Waals surface area contributed by atoms with Crippen LogP contribution in [0.15, 0.2) is 109 Å². The number of halogens is 2. The molecule has 0 spiro atoms. The molecule has 3 nitrogen and oxygen atoms in total. The minimum Gasteiger partial charge on any atom is -0.477 e. The summed E-state index contributed by atoms with van der Waals surface area (Å²) in [6.07, 6.45) is 0. The summed E-state index contributed by atoms with van der Waals surface area (Å²) in [7, 11) is 0. The van der Waals surface area contributed by atoms with Gasteiger partial charge in [0, 0.05) is 6.07 Å². The number of carbonyl (C=O) groups is 1. The van der Waals surface area contributed by atoms with Crippen molar-refractivity contribution >= 4 is 33.9 Å². The number of hydrogen-bond donors (Lipinski definition) is 0. The molecular formula is C30H24F2NO2P. The quantitative estimate of drug-likeness (QED) is 0.321. The molecule has 0 aromatic heterocycles. The molecule has 0 N–H and O–H groups in total. The first-order valence-corrected chi connectivity index (χ1v) is 13.1. The van der Waals surface area contributed by atoms with Crippen molar-refractivity contribution in [3.05, 3.63) is 121 Å². The Morgan fingerprint density at radius 1 is 0.778 bits per heavy atom. The largest absolute Gasteiger partial charge is 0.477 e. The van der Waals surface area contributed by atoms with Gasteiger partial charge in [-0.3, -0.25) is 4.79 Å². The Balaban J connectivity index is 2.05. The van der Waals surface area contributed by atoms with Gasteiger partial charge < -0.3 is 4.74 Å². The fourth-order valence-corrected chi connectivity index (χ4v) is 8.48. The lowest BCUT2D eigenvalue weighted by molar-refractivity contribution is -0.124. The molecule has 0 aliphatic carbocycles. The molecule has 4 aromatic carbocycles. The van der Waals surface area contributed by atoms with Crippen molar-refractivity contribution in [2.24, 2.45) is 0 Å². The molecule has 0 bridgehead atoms. The first-order chi connectivity index (χ1) is 17.3. The Labute approximate surface area is 209 Å². The van der Waals surface area contributed by atoms with Gasteiger partial charge in [-0.25, -0.2) is 8.78 Å². The van der Waals surface area contributed by atoms with Crippen LogP contribution in [0.4, 0.5) is 8.78 Å².